The lowest BCUT2D eigenvalue weighted by atomic mass is 10.0. The average Bonchev–Trinajstić information content (AvgIpc) is 3.41. The highest BCUT2D eigenvalue weighted by molar-refractivity contribution is 7.92. The van der Waals surface area contributed by atoms with Crippen molar-refractivity contribution in [3.8, 4) is 11.5 Å². The van der Waals surface area contributed by atoms with E-state index in [1.165, 1.54) is 4.31 Å². The highest BCUT2D eigenvalue weighted by Crippen LogP contribution is 2.36. The third-order valence-electron chi connectivity index (χ3n) is 6.97. The first-order valence-electron chi connectivity index (χ1n) is 14.1. The number of carbonyl (C=O) groups excluding carboxylic acids is 2. The zero-order chi connectivity index (χ0) is 30.3. The van der Waals surface area contributed by atoms with Crippen LogP contribution in [0.4, 0.5) is 5.69 Å². The summed E-state index contributed by atoms with van der Waals surface area (Å²) in [6.07, 6.45) is 1.80. The Balaban J connectivity index is 1.57. The lowest BCUT2D eigenvalue weighted by Gasteiger charge is -2.32. The van der Waals surface area contributed by atoms with E-state index in [4.69, 9.17) is 9.47 Å². The zero-order valence-electron chi connectivity index (χ0n) is 24.6. The molecule has 2 amide bonds. The molecule has 42 heavy (non-hydrogen) atoms. The topological polar surface area (TPSA) is 105 Å². The van der Waals surface area contributed by atoms with Gasteiger partial charge in [-0.3, -0.25) is 13.9 Å². The number of rotatable bonds is 13. The summed E-state index contributed by atoms with van der Waals surface area (Å²) in [7, 11) is -3.64. The third kappa shape index (κ3) is 8.25. The molecule has 0 saturated carbocycles. The number of fused-ring (bicyclic) bond motifs is 1. The molecule has 0 saturated heterocycles. The fraction of sp³-hybridized carbons (Fsp3) is 0.375. The number of amides is 2. The standard InChI is InChI=1S/C32H39N3O6S/c1-23(2)33-32(37)28(19-25-9-6-5-7-10-25)34(21-26-14-12-24(3)13-15-26)31(36)11-8-18-35(42(4,38)39)27-16-17-29-30(20-27)41-22-40-29/h5-7,9-10,12-17,20,23,28H,8,11,18-19,21-22H2,1-4H3,(H,33,37)/t28-/m1/s1. The second kappa shape index (κ2) is 13.7. The Kier molecular flexibility index (Phi) is 10.1. The molecule has 1 aliphatic rings. The molecule has 1 heterocycles. The van der Waals surface area contributed by atoms with Gasteiger partial charge in [0.1, 0.15) is 6.04 Å². The van der Waals surface area contributed by atoms with Gasteiger partial charge >= 0.3 is 0 Å². The van der Waals surface area contributed by atoms with Gasteiger partial charge in [0.05, 0.1) is 11.9 Å². The van der Waals surface area contributed by atoms with Crippen molar-refractivity contribution in [3.05, 3.63) is 89.5 Å². The van der Waals surface area contributed by atoms with Gasteiger partial charge in [-0.25, -0.2) is 8.42 Å². The molecule has 10 heteroatoms. The first-order chi connectivity index (χ1) is 20.0. The molecule has 1 aliphatic heterocycles. The number of carbonyl (C=O) groups is 2. The second-order valence-corrected chi connectivity index (χ2v) is 12.8. The summed E-state index contributed by atoms with van der Waals surface area (Å²) in [6.45, 7) is 6.19. The van der Waals surface area contributed by atoms with Crippen molar-refractivity contribution in [2.75, 3.05) is 23.9 Å². The zero-order valence-corrected chi connectivity index (χ0v) is 25.4. The first kappa shape index (κ1) is 30.9. The number of ether oxygens (including phenoxy) is 2. The SMILES string of the molecule is Cc1ccc(CN(C(=O)CCCN(c2ccc3c(c2)OCO3)S(C)(=O)=O)[C@H](Cc2ccccc2)C(=O)NC(C)C)cc1. The molecule has 3 aromatic rings. The fourth-order valence-corrected chi connectivity index (χ4v) is 5.83. The molecule has 0 radical (unpaired) electrons. The van der Waals surface area contributed by atoms with Crippen molar-refractivity contribution >= 4 is 27.5 Å². The van der Waals surface area contributed by atoms with Gasteiger partial charge < -0.3 is 19.7 Å². The Hall–Kier alpha value is -4.05. The third-order valence-corrected chi connectivity index (χ3v) is 8.17. The molecule has 0 spiro atoms. The lowest BCUT2D eigenvalue weighted by molar-refractivity contribution is -0.141. The Morgan fingerprint density at radius 2 is 1.62 bits per heavy atom. The maximum absolute atomic E-state index is 13.9. The van der Waals surface area contributed by atoms with Gasteiger partial charge in [0, 0.05) is 38.0 Å². The summed E-state index contributed by atoms with van der Waals surface area (Å²) in [6, 6.07) is 21.6. The van der Waals surface area contributed by atoms with Crippen LogP contribution in [0.5, 0.6) is 11.5 Å². The summed E-state index contributed by atoms with van der Waals surface area (Å²) < 4.78 is 37.5. The monoisotopic (exact) mass is 593 g/mol. The molecule has 1 atom stereocenters. The Labute approximate surface area is 248 Å². The van der Waals surface area contributed by atoms with E-state index >= 15 is 0 Å². The number of nitrogens with zero attached hydrogens (tertiary/aromatic N) is 2. The minimum Gasteiger partial charge on any atom is -0.454 e. The Morgan fingerprint density at radius 1 is 0.929 bits per heavy atom. The molecule has 0 aromatic heterocycles. The summed E-state index contributed by atoms with van der Waals surface area (Å²) in [4.78, 5) is 29.0. The predicted molar refractivity (Wildman–Crippen MR) is 163 cm³/mol. The normalized spacial score (nSPS) is 13.1. The molecule has 4 rings (SSSR count). The fourth-order valence-electron chi connectivity index (χ4n) is 4.87. The van der Waals surface area contributed by atoms with Crippen LogP contribution in [0.1, 0.15) is 43.4 Å². The minimum atomic E-state index is -3.64. The van der Waals surface area contributed by atoms with Gasteiger partial charge in [-0.05, 0) is 50.5 Å². The van der Waals surface area contributed by atoms with Crippen LogP contribution in [0, 0.1) is 6.92 Å². The molecule has 224 valence electrons. The number of sulfonamides is 1. The number of aryl methyl sites for hydroxylation is 1. The number of hydrogen-bond acceptors (Lipinski definition) is 6. The summed E-state index contributed by atoms with van der Waals surface area (Å²) in [5, 5.41) is 2.99. The molecule has 0 unspecified atom stereocenters. The molecule has 0 bridgehead atoms. The molecule has 0 fully saturated rings. The van der Waals surface area contributed by atoms with Crippen LogP contribution in [0.3, 0.4) is 0 Å². The van der Waals surface area contributed by atoms with Crippen molar-refractivity contribution < 1.29 is 27.5 Å². The Morgan fingerprint density at radius 3 is 2.29 bits per heavy atom. The van der Waals surface area contributed by atoms with Crippen molar-refractivity contribution in [2.24, 2.45) is 0 Å². The van der Waals surface area contributed by atoms with Crippen LogP contribution < -0.4 is 19.1 Å². The van der Waals surface area contributed by atoms with Crippen LogP contribution in [0.25, 0.3) is 0 Å². The minimum absolute atomic E-state index is 0.0582. The van der Waals surface area contributed by atoms with Gasteiger partial charge in [-0.2, -0.15) is 0 Å². The van der Waals surface area contributed by atoms with Crippen LogP contribution in [-0.2, 0) is 32.6 Å². The number of anilines is 1. The summed E-state index contributed by atoms with van der Waals surface area (Å²) in [5.74, 6) is 0.571. The highest BCUT2D eigenvalue weighted by Gasteiger charge is 2.31. The molecular formula is C32H39N3O6S. The van der Waals surface area contributed by atoms with Crippen molar-refractivity contribution in [1.29, 1.82) is 0 Å². The van der Waals surface area contributed by atoms with E-state index in [0.29, 0.717) is 23.6 Å². The van der Waals surface area contributed by atoms with Gasteiger partial charge in [0.15, 0.2) is 11.5 Å². The van der Waals surface area contributed by atoms with Crippen molar-refractivity contribution in [1.82, 2.24) is 10.2 Å². The predicted octanol–water partition coefficient (Wildman–Crippen LogP) is 4.43. The molecule has 0 aliphatic carbocycles. The van der Waals surface area contributed by atoms with Crippen LogP contribution in [0.15, 0.2) is 72.8 Å². The van der Waals surface area contributed by atoms with E-state index in [2.05, 4.69) is 5.32 Å². The van der Waals surface area contributed by atoms with Crippen LogP contribution in [-0.4, -0.2) is 56.8 Å². The first-order valence-corrected chi connectivity index (χ1v) is 15.9. The van der Waals surface area contributed by atoms with E-state index in [0.717, 1.165) is 22.9 Å². The van der Waals surface area contributed by atoms with Gasteiger partial charge in [0.2, 0.25) is 28.6 Å². The van der Waals surface area contributed by atoms with E-state index in [9.17, 15) is 18.0 Å². The van der Waals surface area contributed by atoms with Gasteiger partial charge in [-0.15, -0.1) is 0 Å². The van der Waals surface area contributed by atoms with Crippen molar-refractivity contribution in [3.63, 3.8) is 0 Å². The van der Waals surface area contributed by atoms with E-state index in [1.807, 2.05) is 75.4 Å². The van der Waals surface area contributed by atoms with Crippen LogP contribution >= 0.6 is 0 Å². The maximum Gasteiger partial charge on any atom is 0.243 e. The molecule has 9 nitrogen and oxygen atoms in total. The van der Waals surface area contributed by atoms with E-state index in [1.54, 1.807) is 23.1 Å². The number of hydrogen-bond donors (Lipinski definition) is 1. The average molecular weight is 594 g/mol. The quantitative estimate of drug-likeness (QED) is 0.314. The lowest BCUT2D eigenvalue weighted by Crippen LogP contribution is -2.51. The van der Waals surface area contributed by atoms with Crippen LogP contribution in [0.2, 0.25) is 0 Å². The largest absolute Gasteiger partial charge is 0.454 e. The summed E-state index contributed by atoms with van der Waals surface area (Å²) in [5.41, 5.74) is 3.38. The molecular weight excluding hydrogens is 554 g/mol. The Bertz CT molecular complexity index is 1480. The molecule has 3 aromatic carbocycles. The summed E-state index contributed by atoms with van der Waals surface area (Å²) >= 11 is 0. The maximum atomic E-state index is 13.9. The van der Waals surface area contributed by atoms with E-state index in [-0.39, 0.29) is 50.6 Å². The number of nitrogens with one attached hydrogen (secondary N) is 1. The smallest absolute Gasteiger partial charge is 0.243 e. The highest BCUT2D eigenvalue weighted by atomic mass is 32.2. The van der Waals surface area contributed by atoms with Gasteiger partial charge in [0.25, 0.3) is 0 Å². The van der Waals surface area contributed by atoms with Crippen molar-refractivity contribution in [2.45, 2.75) is 58.7 Å². The van der Waals surface area contributed by atoms with Gasteiger partial charge in [-0.1, -0.05) is 60.2 Å². The second-order valence-electron chi connectivity index (χ2n) is 10.9. The number of benzene rings is 3. The van der Waals surface area contributed by atoms with E-state index < -0.39 is 16.1 Å². The molecule has 1 N–H and O–H groups in total.